The van der Waals surface area contributed by atoms with E-state index in [2.05, 4.69) is 43.3 Å². The highest BCUT2D eigenvalue weighted by Crippen LogP contribution is 2.58. The van der Waals surface area contributed by atoms with Gasteiger partial charge in [-0.05, 0) is 30.6 Å². The summed E-state index contributed by atoms with van der Waals surface area (Å²) >= 11 is 0. The molecule has 0 aromatic heterocycles. The van der Waals surface area contributed by atoms with Crippen LogP contribution in [0.15, 0.2) is 42.0 Å². The molecule has 1 aromatic carbocycles. The Morgan fingerprint density at radius 3 is 2.70 bits per heavy atom. The fraction of sp³-hybridized carbons (Fsp3) is 0.529. The second-order valence-corrected chi connectivity index (χ2v) is 6.54. The van der Waals surface area contributed by atoms with Crippen LogP contribution < -0.4 is 0 Å². The van der Waals surface area contributed by atoms with Crippen LogP contribution in [-0.4, -0.2) is 24.4 Å². The van der Waals surface area contributed by atoms with Crippen LogP contribution in [0.2, 0.25) is 0 Å². The fourth-order valence-corrected chi connectivity index (χ4v) is 4.15. The molecule has 0 N–H and O–H groups in total. The Morgan fingerprint density at radius 1 is 1.20 bits per heavy atom. The van der Waals surface area contributed by atoms with Gasteiger partial charge in [0, 0.05) is 25.9 Å². The van der Waals surface area contributed by atoms with Gasteiger partial charge in [0.1, 0.15) is 11.7 Å². The zero-order valence-corrected chi connectivity index (χ0v) is 12.0. The molecule has 2 fully saturated rings. The number of benzene rings is 1. The van der Waals surface area contributed by atoms with Crippen molar-refractivity contribution < 1.29 is 14.5 Å². The number of hydrogen-bond donors (Lipinski definition) is 0. The van der Waals surface area contributed by atoms with Crippen molar-refractivity contribution in [3.8, 4) is 0 Å². The average molecular weight is 272 g/mol. The van der Waals surface area contributed by atoms with Gasteiger partial charge in [-0.15, -0.1) is 0 Å². The van der Waals surface area contributed by atoms with Crippen molar-refractivity contribution in [2.75, 3.05) is 7.11 Å². The van der Waals surface area contributed by atoms with E-state index in [0.717, 1.165) is 19.3 Å². The third-order valence-corrected chi connectivity index (χ3v) is 5.12. The summed E-state index contributed by atoms with van der Waals surface area (Å²) in [6.45, 7) is 2.18. The molecule has 1 aliphatic heterocycles. The Bertz CT molecular complexity index is 553. The summed E-state index contributed by atoms with van der Waals surface area (Å²) in [5, 5.41) is 0. The van der Waals surface area contributed by atoms with Crippen molar-refractivity contribution >= 4 is 0 Å². The molecular weight excluding hydrogens is 252 g/mol. The van der Waals surface area contributed by atoms with Crippen LogP contribution in [0.4, 0.5) is 0 Å². The molecule has 0 unspecified atom stereocenters. The van der Waals surface area contributed by atoms with Crippen molar-refractivity contribution in [2.24, 2.45) is 0 Å². The zero-order valence-electron chi connectivity index (χ0n) is 12.0. The van der Waals surface area contributed by atoms with Gasteiger partial charge in [-0.1, -0.05) is 30.3 Å². The molecule has 0 radical (unpaired) electrons. The normalized spacial score (nSPS) is 42.4. The van der Waals surface area contributed by atoms with E-state index in [1.54, 1.807) is 7.11 Å². The van der Waals surface area contributed by atoms with E-state index < -0.39 is 0 Å². The first kappa shape index (κ1) is 12.6. The summed E-state index contributed by atoms with van der Waals surface area (Å²) in [6.07, 6.45) is 5.20. The predicted octanol–water partition coefficient (Wildman–Crippen LogP) is 3.37. The van der Waals surface area contributed by atoms with Gasteiger partial charge < -0.3 is 4.74 Å². The Hall–Kier alpha value is -1.16. The largest absolute Gasteiger partial charge is 0.378 e. The van der Waals surface area contributed by atoms with E-state index in [9.17, 15) is 0 Å². The highest BCUT2D eigenvalue weighted by Gasteiger charge is 2.59. The van der Waals surface area contributed by atoms with Crippen LogP contribution in [0, 0.1) is 0 Å². The van der Waals surface area contributed by atoms with Crippen molar-refractivity contribution in [1.82, 2.24) is 0 Å². The first-order chi connectivity index (χ1) is 9.64. The second kappa shape index (κ2) is 4.17. The first-order valence-corrected chi connectivity index (χ1v) is 7.31. The van der Waals surface area contributed by atoms with Crippen molar-refractivity contribution in [1.29, 1.82) is 0 Å². The zero-order chi connectivity index (χ0) is 13.8. The summed E-state index contributed by atoms with van der Waals surface area (Å²) in [5.74, 6) is 0.365. The molecular formula is C17H20O3. The summed E-state index contributed by atoms with van der Waals surface area (Å²) in [7, 11) is 1.80. The van der Waals surface area contributed by atoms with Crippen LogP contribution in [0.5, 0.6) is 0 Å². The van der Waals surface area contributed by atoms with E-state index >= 15 is 0 Å². The molecule has 1 saturated carbocycles. The minimum atomic E-state index is -0.270. The number of hydrogen-bond acceptors (Lipinski definition) is 3. The topological polar surface area (TPSA) is 27.7 Å². The summed E-state index contributed by atoms with van der Waals surface area (Å²) in [4.78, 5) is 11.1. The fourth-order valence-electron chi connectivity index (χ4n) is 4.15. The van der Waals surface area contributed by atoms with Crippen LogP contribution in [-0.2, 0) is 14.5 Å². The minimum absolute atomic E-state index is 0.121. The van der Waals surface area contributed by atoms with Gasteiger partial charge in [-0.3, -0.25) is 0 Å². The molecule has 4 atom stereocenters. The smallest absolute Gasteiger partial charge is 0.131 e. The lowest BCUT2D eigenvalue weighted by Gasteiger charge is -2.46. The monoisotopic (exact) mass is 272 g/mol. The molecule has 1 saturated heterocycles. The lowest BCUT2D eigenvalue weighted by Crippen LogP contribution is -2.48. The van der Waals surface area contributed by atoms with Gasteiger partial charge in [0.15, 0.2) is 0 Å². The molecule has 1 spiro atoms. The molecule has 2 aliphatic carbocycles. The minimum Gasteiger partial charge on any atom is -0.378 e. The molecule has 1 aromatic rings. The maximum Gasteiger partial charge on any atom is 0.131 e. The molecule has 3 nitrogen and oxygen atoms in total. The molecule has 1 heterocycles. The van der Waals surface area contributed by atoms with Crippen molar-refractivity contribution in [3.63, 3.8) is 0 Å². The molecule has 3 heteroatoms. The Kier molecular flexibility index (Phi) is 2.62. The highest BCUT2D eigenvalue weighted by molar-refractivity contribution is 5.42. The molecule has 0 amide bonds. The van der Waals surface area contributed by atoms with Gasteiger partial charge >= 0.3 is 0 Å². The van der Waals surface area contributed by atoms with E-state index in [4.69, 9.17) is 14.5 Å². The van der Waals surface area contributed by atoms with Crippen LogP contribution >= 0.6 is 0 Å². The number of ether oxygens (including phenoxy) is 1. The summed E-state index contributed by atoms with van der Waals surface area (Å²) in [6, 6.07) is 10.7. The van der Waals surface area contributed by atoms with E-state index in [0.29, 0.717) is 5.92 Å². The Labute approximate surface area is 119 Å². The number of fused-ring (bicyclic) bond motifs is 1. The van der Waals surface area contributed by atoms with E-state index in [-0.39, 0.29) is 17.3 Å². The Balaban J connectivity index is 1.79. The molecule has 4 rings (SSSR count). The molecule has 20 heavy (non-hydrogen) atoms. The second-order valence-electron chi connectivity index (χ2n) is 6.54. The summed E-state index contributed by atoms with van der Waals surface area (Å²) in [5.41, 5.74) is 2.31. The average Bonchev–Trinajstić information content (AvgIpc) is 3.03. The van der Waals surface area contributed by atoms with Gasteiger partial charge in [0.05, 0.1) is 5.60 Å². The lowest BCUT2D eigenvalue weighted by molar-refractivity contribution is -0.329. The SMILES string of the molecule is CO[C@@]1(C)C[C@@H](c2ccccc2)C2=C[C@@H]3C[C@@]2(C1)OO3. The quantitative estimate of drug-likeness (QED) is 0.610. The summed E-state index contributed by atoms with van der Waals surface area (Å²) < 4.78 is 5.82. The van der Waals surface area contributed by atoms with Gasteiger partial charge in [0.2, 0.25) is 0 Å². The van der Waals surface area contributed by atoms with Gasteiger partial charge in [-0.25, -0.2) is 9.78 Å². The van der Waals surface area contributed by atoms with E-state index in [1.165, 1.54) is 11.1 Å². The molecule has 2 bridgehead atoms. The first-order valence-electron chi connectivity index (χ1n) is 7.31. The third-order valence-electron chi connectivity index (χ3n) is 5.12. The van der Waals surface area contributed by atoms with E-state index in [1.807, 2.05) is 0 Å². The van der Waals surface area contributed by atoms with Crippen LogP contribution in [0.1, 0.15) is 37.7 Å². The lowest BCUT2D eigenvalue weighted by atomic mass is 9.66. The maximum atomic E-state index is 5.82. The van der Waals surface area contributed by atoms with Gasteiger partial charge in [0.25, 0.3) is 0 Å². The number of methoxy groups -OCH3 is 1. The van der Waals surface area contributed by atoms with Crippen molar-refractivity contribution in [3.05, 3.63) is 47.5 Å². The van der Waals surface area contributed by atoms with Crippen molar-refractivity contribution in [2.45, 2.75) is 49.4 Å². The molecule has 106 valence electrons. The van der Waals surface area contributed by atoms with Gasteiger partial charge in [-0.2, -0.15) is 0 Å². The Morgan fingerprint density at radius 2 is 2.00 bits per heavy atom. The third kappa shape index (κ3) is 1.70. The van der Waals surface area contributed by atoms with Crippen LogP contribution in [0.25, 0.3) is 0 Å². The number of rotatable bonds is 2. The van der Waals surface area contributed by atoms with Crippen LogP contribution in [0.3, 0.4) is 0 Å². The maximum absolute atomic E-state index is 5.82. The standard InChI is InChI=1S/C17H20O3/c1-16(18-2)10-14(12-6-4-3-5-7-12)15-8-13-9-17(15,11-16)20-19-13/h3-8,13-14H,9-11H2,1-2H3/t13-,14+,16+,17+/m1/s1. The predicted molar refractivity (Wildman–Crippen MR) is 75.2 cm³/mol. The molecule has 3 aliphatic rings. The highest BCUT2D eigenvalue weighted by atomic mass is 17.2.